The Morgan fingerprint density at radius 3 is 2.80 bits per heavy atom. The monoisotopic (exact) mass is 348 g/mol. The normalized spacial score (nSPS) is 10.9. The van der Waals surface area contributed by atoms with Crippen LogP contribution in [0.1, 0.15) is 11.5 Å². The zero-order chi connectivity index (χ0) is 17.2. The molecule has 6 heteroatoms. The highest BCUT2D eigenvalue weighted by atomic mass is 32.1. The summed E-state index contributed by atoms with van der Waals surface area (Å²) in [5.41, 5.74) is 3.05. The van der Waals surface area contributed by atoms with Crippen LogP contribution in [0, 0.1) is 6.92 Å². The van der Waals surface area contributed by atoms with Gasteiger partial charge in [-0.25, -0.2) is 9.97 Å². The number of nitrogens with zero attached hydrogens (tertiary/aromatic N) is 2. The van der Waals surface area contributed by atoms with Crippen LogP contribution >= 0.6 is 11.3 Å². The minimum absolute atomic E-state index is 0.0138. The standard InChI is InChI=1S/C19H16N4OS/c1-12-22-18(21-10-14-9-15(24)7-8-20-14)17-16(11-25-19(17)23-12)13-5-3-2-4-6-13/h2-9,11H,10H2,1H3,(H,20,24)(H,21,22,23). The molecule has 0 atom stereocenters. The molecule has 0 aliphatic carbocycles. The van der Waals surface area contributed by atoms with Gasteiger partial charge in [0, 0.05) is 35.0 Å². The first-order valence-corrected chi connectivity index (χ1v) is 8.81. The number of benzene rings is 1. The first-order chi connectivity index (χ1) is 12.2. The molecule has 0 unspecified atom stereocenters. The van der Waals surface area contributed by atoms with Gasteiger partial charge in [0.25, 0.3) is 0 Å². The number of aromatic amines is 1. The van der Waals surface area contributed by atoms with E-state index in [1.165, 1.54) is 6.07 Å². The molecular weight excluding hydrogens is 332 g/mol. The molecule has 5 nitrogen and oxygen atoms in total. The fourth-order valence-electron chi connectivity index (χ4n) is 2.78. The van der Waals surface area contributed by atoms with Crippen molar-refractivity contribution >= 4 is 27.4 Å². The molecule has 0 saturated heterocycles. The fourth-order valence-corrected chi connectivity index (χ4v) is 3.77. The third kappa shape index (κ3) is 3.16. The molecule has 4 aromatic rings. The van der Waals surface area contributed by atoms with Crippen molar-refractivity contribution in [2.45, 2.75) is 13.5 Å². The van der Waals surface area contributed by atoms with Crippen molar-refractivity contribution in [3.05, 3.63) is 75.8 Å². The largest absolute Gasteiger partial charge is 0.364 e. The molecule has 25 heavy (non-hydrogen) atoms. The van der Waals surface area contributed by atoms with E-state index in [1.54, 1.807) is 23.6 Å². The highest BCUT2D eigenvalue weighted by Crippen LogP contribution is 2.36. The molecule has 0 saturated carbocycles. The summed E-state index contributed by atoms with van der Waals surface area (Å²) in [6, 6.07) is 13.3. The number of hydrogen-bond acceptors (Lipinski definition) is 5. The van der Waals surface area contributed by atoms with Crippen molar-refractivity contribution in [1.82, 2.24) is 15.0 Å². The maximum absolute atomic E-state index is 11.5. The smallest absolute Gasteiger partial charge is 0.181 e. The van der Waals surface area contributed by atoms with Gasteiger partial charge in [0.1, 0.15) is 16.5 Å². The minimum Gasteiger partial charge on any atom is -0.364 e. The molecule has 1 aromatic carbocycles. The van der Waals surface area contributed by atoms with E-state index in [4.69, 9.17) is 0 Å². The number of pyridine rings is 1. The molecule has 0 bridgehead atoms. The zero-order valence-corrected chi connectivity index (χ0v) is 14.4. The molecule has 3 heterocycles. The first-order valence-electron chi connectivity index (χ1n) is 7.93. The molecule has 3 aromatic heterocycles. The number of aromatic nitrogens is 3. The predicted molar refractivity (Wildman–Crippen MR) is 102 cm³/mol. The molecule has 2 N–H and O–H groups in total. The molecular formula is C19H16N4OS. The van der Waals surface area contributed by atoms with Crippen molar-refractivity contribution < 1.29 is 0 Å². The lowest BCUT2D eigenvalue weighted by molar-refractivity contribution is 1.01. The lowest BCUT2D eigenvalue weighted by atomic mass is 10.1. The van der Waals surface area contributed by atoms with E-state index in [9.17, 15) is 4.79 Å². The van der Waals surface area contributed by atoms with Crippen molar-refractivity contribution in [3.63, 3.8) is 0 Å². The Balaban J connectivity index is 1.77. The number of rotatable bonds is 4. The van der Waals surface area contributed by atoms with Gasteiger partial charge in [0.05, 0.1) is 11.9 Å². The van der Waals surface area contributed by atoms with Gasteiger partial charge in [0.2, 0.25) is 0 Å². The highest BCUT2D eigenvalue weighted by Gasteiger charge is 2.14. The summed E-state index contributed by atoms with van der Waals surface area (Å²) in [6.07, 6.45) is 1.65. The topological polar surface area (TPSA) is 70.7 Å². The van der Waals surface area contributed by atoms with Crippen molar-refractivity contribution in [2.75, 3.05) is 5.32 Å². The van der Waals surface area contributed by atoms with Gasteiger partial charge < -0.3 is 10.3 Å². The van der Waals surface area contributed by atoms with Crippen molar-refractivity contribution in [1.29, 1.82) is 0 Å². The summed E-state index contributed by atoms with van der Waals surface area (Å²) < 4.78 is 0. The Kier molecular flexibility index (Phi) is 4.03. The van der Waals surface area contributed by atoms with Crippen LogP contribution in [-0.2, 0) is 6.54 Å². The van der Waals surface area contributed by atoms with E-state index >= 15 is 0 Å². The second-order valence-electron chi connectivity index (χ2n) is 5.72. The van der Waals surface area contributed by atoms with Crippen molar-refractivity contribution in [3.8, 4) is 11.1 Å². The van der Waals surface area contributed by atoms with Crippen LogP contribution in [0.25, 0.3) is 21.3 Å². The van der Waals surface area contributed by atoms with Crippen LogP contribution in [0.4, 0.5) is 5.82 Å². The first kappa shape index (κ1) is 15.5. The highest BCUT2D eigenvalue weighted by molar-refractivity contribution is 7.17. The number of nitrogens with one attached hydrogen (secondary N) is 2. The maximum atomic E-state index is 11.5. The molecule has 0 spiro atoms. The molecule has 0 aliphatic rings. The molecule has 0 amide bonds. The number of anilines is 1. The van der Waals surface area contributed by atoms with Gasteiger partial charge in [-0.1, -0.05) is 30.3 Å². The molecule has 0 radical (unpaired) electrons. The summed E-state index contributed by atoms with van der Waals surface area (Å²) in [4.78, 5) is 24.7. The van der Waals surface area contributed by atoms with E-state index < -0.39 is 0 Å². The van der Waals surface area contributed by atoms with Gasteiger partial charge in [-0.3, -0.25) is 4.79 Å². The minimum atomic E-state index is -0.0138. The van der Waals surface area contributed by atoms with Gasteiger partial charge in [-0.15, -0.1) is 11.3 Å². The molecule has 0 aliphatic heterocycles. The third-order valence-electron chi connectivity index (χ3n) is 3.91. The van der Waals surface area contributed by atoms with E-state index in [-0.39, 0.29) is 5.43 Å². The van der Waals surface area contributed by atoms with Gasteiger partial charge in [-0.05, 0) is 12.5 Å². The summed E-state index contributed by atoms with van der Waals surface area (Å²) in [7, 11) is 0. The lowest BCUT2D eigenvalue weighted by Gasteiger charge is -2.09. The van der Waals surface area contributed by atoms with Gasteiger partial charge in [-0.2, -0.15) is 0 Å². The van der Waals surface area contributed by atoms with Crippen LogP contribution in [0.2, 0.25) is 0 Å². The maximum Gasteiger partial charge on any atom is 0.181 e. The Morgan fingerprint density at radius 2 is 2.00 bits per heavy atom. The van der Waals surface area contributed by atoms with E-state index in [0.717, 1.165) is 38.7 Å². The quantitative estimate of drug-likeness (QED) is 0.585. The number of H-pyrrole nitrogens is 1. The average molecular weight is 348 g/mol. The summed E-state index contributed by atoms with van der Waals surface area (Å²) in [5.74, 6) is 1.50. The Hall–Kier alpha value is -2.99. The number of aryl methyl sites for hydroxylation is 1. The van der Waals surface area contributed by atoms with Crippen LogP contribution in [0.15, 0.2) is 58.8 Å². The summed E-state index contributed by atoms with van der Waals surface area (Å²) >= 11 is 1.61. The third-order valence-corrected chi connectivity index (χ3v) is 4.78. The van der Waals surface area contributed by atoms with Gasteiger partial charge >= 0.3 is 0 Å². The molecule has 0 fully saturated rings. The van der Waals surface area contributed by atoms with E-state index in [2.05, 4.69) is 37.8 Å². The SMILES string of the molecule is Cc1nc(NCc2cc(=O)cc[nH]2)c2c(-c3ccccc3)csc2n1. The summed E-state index contributed by atoms with van der Waals surface area (Å²) in [5, 5.41) is 6.48. The van der Waals surface area contributed by atoms with Crippen LogP contribution in [0.3, 0.4) is 0 Å². The second-order valence-corrected chi connectivity index (χ2v) is 6.58. The average Bonchev–Trinajstić information content (AvgIpc) is 3.04. The van der Waals surface area contributed by atoms with E-state index in [0.29, 0.717) is 6.54 Å². The zero-order valence-electron chi connectivity index (χ0n) is 13.6. The van der Waals surface area contributed by atoms with Gasteiger partial charge in [0.15, 0.2) is 5.43 Å². The number of hydrogen-bond donors (Lipinski definition) is 2. The lowest BCUT2D eigenvalue weighted by Crippen LogP contribution is -2.08. The number of thiophene rings is 1. The van der Waals surface area contributed by atoms with E-state index in [1.807, 2.05) is 25.1 Å². The predicted octanol–water partition coefficient (Wildman–Crippen LogP) is 3.97. The van der Waals surface area contributed by atoms with Crippen LogP contribution in [0.5, 0.6) is 0 Å². The Bertz CT molecular complexity index is 1090. The van der Waals surface area contributed by atoms with Crippen molar-refractivity contribution in [2.24, 2.45) is 0 Å². The second kappa shape index (κ2) is 6.49. The molecule has 124 valence electrons. The summed E-state index contributed by atoms with van der Waals surface area (Å²) in [6.45, 7) is 2.38. The Morgan fingerprint density at radius 1 is 1.16 bits per heavy atom. The van der Waals surface area contributed by atoms with Crippen LogP contribution < -0.4 is 10.7 Å². The van der Waals surface area contributed by atoms with Crippen LogP contribution in [-0.4, -0.2) is 15.0 Å². The Labute approximate surface area is 148 Å². The molecule has 4 rings (SSSR count). The number of fused-ring (bicyclic) bond motifs is 1. The fraction of sp³-hybridized carbons (Fsp3) is 0.105.